The summed E-state index contributed by atoms with van der Waals surface area (Å²) >= 11 is 0. The number of rotatable bonds is 2. The van der Waals surface area contributed by atoms with Gasteiger partial charge in [-0.2, -0.15) is 0 Å². The van der Waals surface area contributed by atoms with Crippen LogP contribution in [0, 0.1) is 24.0 Å². The summed E-state index contributed by atoms with van der Waals surface area (Å²) in [6.45, 7) is 4.17. The normalized spacial score (nSPS) is 14.7. The molecule has 0 saturated carbocycles. The van der Waals surface area contributed by atoms with Gasteiger partial charge in [-0.3, -0.25) is 19.5 Å². The number of hydrogen-bond acceptors (Lipinski definition) is 5. The standard InChI is InChI=1S/C20H17N3O4/c1-11-7-13(8-12(2)18(11)24)9-14-5-6-22-19(14)21-17-4-3-15(23(26)27)10-16(17)20(22)25/h3-4,7-10,24H,5-6H2,1-2H3/b14-9+. The van der Waals surface area contributed by atoms with Gasteiger partial charge in [0.15, 0.2) is 0 Å². The number of nitro benzene ring substituents is 1. The molecule has 1 N–H and O–H groups in total. The first-order valence-corrected chi connectivity index (χ1v) is 8.55. The van der Waals surface area contributed by atoms with E-state index in [0.717, 1.165) is 22.3 Å². The molecule has 1 aliphatic rings. The van der Waals surface area contributed by atoms with Crippen molar-refractivity contribution in [2.24, 2.45) is 0 Å². The molecule has 0 unspecified atom stereocenters. The minimum Gasteiger partial charge on any atom is -0.507 e. The second-order valence-electron chi connectivity index (χ2n) is 6.77. The van der Waals surface area contributed by atoms with Crippen molar-refractivity contribution in [3.05, 3.63) is 73.3 Å². The molecule has 0 radical (unpaired) electrons. The van der Waals surface area contributed by atoms with E-state index in [9.17, 15) is 20.0 Å². The van der Waals surface area contributed by atoms with Crippen LogP contribution in [-0.2, 0) is 6.54 Å². The Labute approximate surface area is 154 Å². The highest BCUT2D eigenvalue weighted by molar-refractivity contribution is 5.86. The fraction of sp³-hybridized carbons (Fsp3) is 0.200. The summed E-state index contributed by atoms with van der Waals surface area (Å²) in [5.41, 5.74) is 3.50. The number of phenols is 1. The van der Waals surface area contributed by atoms with Crippen LogP contribution in [-0.4, -0.2) is 19.6 Å². The third kappa shape index (κ3) is 2.77. The first-order valence-electron chi connectivity index (χ1n) is 8.55. The molecule has 1 aliphatic heterocycles. The average molecular weight is 363 g/mol. The second kappa shape index (κ2) is 6.05. The highest BCUT2D eigenvalue weighted by Gasteiger charge is 2.22. The van der Waals surface area contributed by atoms with Gasteiger partial charge in [0.05, 0.1) is 15.8 Å². The summed E-state index contributed by atoms with van der Waals surface area (Å²) in [5, 5.41) is 21.2. The lowest BCUT2D eigenvalue weighted by atomic mass is 10.0. The van der Waals surface area contributed by atoms with Gasteiger partial charge < -0.3 is 5.11 Å². The molecular weight excluding hydrogens is 346 g/mol. The zero-order chi connectivity index (χ0) is 19.3. The summed E-state index contributed by atoms with van der Waals surface area (Å²) < 4.78 is 1.57. The summed E-state index contributed by atoms with van der Waals surface area (Å²) in [5.74, 6) is 0.871. The van der Waals surface area contributed by atoms with Crippen molar-refractivity contribution in [3.63, 3.8) is 0 Å². The number of aryl methyl sites for hydroxylation is 2. The molecule has 0 amide bonds. The van der Waals surface area contributed by atoms with Crippen molar-refractivity contribution in [2.75, 3.05) is 0 Å². The fourth-order valence-corrected chi connectivity index (χ4v) is 3.53. The van der Waals surface area contributed by atoms with Crippen LogP contribution >= 0.6 is 0 Å². The Morgan fingerprint density at radius 1 is 1.22 bits per heavy atom. The predicted molar refractivity (Wildman–Crippen MR) is 103 cm³/mol. The van der Waals surface area contributed by atoms with Gasteiger partial charge in [-0.25, -0.2) is 4.98 Å². The van der Waals surface area contributed by atoms with Gasteiger partial charge in [-0.05, 0) is 66.8 Å². The summed E-state index contributed by atoms with van der Waals surface area (Å²) in [7, 11) is 0. The molecule has 0 saturated heterocycles. The highest BCUT2D eigenvalue weighted by Crippen LogP contribution is 2.30. The van der Waals surface area contributed by atoms with E-state index in [0.29, 0.717) is 24.3 Å². The van der Waals surface area contributed by atoms with E-state index in [1.54, 1.807) is 4.57 Å². The molecule has 0 fully saturated rings. The van der Waals surface area contributed by atoms with Gasteiger partial charge in [-0.1, -0.05) is 0 Å². The lowest BCUT2D eigenvalue weighted by Gasteiger charge is -2.07. The second-order valence-corrected chi connectivity index (χ2v) is 6.77. The largest absolute Gasteiger partial charge is 0.507 e. The van der Waals surface area contributed by atoms with E-state index >= 15 is 0 Å². The molecule has 2 heterocycles. The fourth-order valence-electron chi connectivity index (χ4n) is 3.53. The van der Waals surface area contributed by atoms with Crippen molar-refractivity contribution in [1.82, 2.24) is 9.55 Å². The average Bonchev–Trinajstić information content (AvgIpc) is 3.02. The molecule has 7 nitrogen and oxygen atoms in total. The summed E-state index contributed by atoms with van der Waals surface area (Å²) in [6.07, 6.45) is 2.63. The van der Waals surface area contributed by atoms with Gasteiger partial charge in [0, 0.05) is 18.7 Å². The van der Waals surface area contributed by atoms with Gasteiger partial charge >= 0.3 is 0 Å². The van der Waals surface area contributed by atoms with Gasteiger partial charge in [-0.15, -0.1) is 0 Å². The lowest BCUT2D eigenvalue weighted by Crippen LogP contribution is -2.20. The van der Waals surface area contributed by atoms with Crippen LogP contribution in [0.25, 0.3) is 22.6 Å². The van der Waals surface area contributed by atoms with E-state index in [4.69, 9.17) is 0 Å². The van der Waals surface area contributed by atoms with E-state index in [2.05, 4.69) is 4.98 Å². The first-order chi connectivity index (χ1) is 12.8. The maximum absolute atomic E-state index is 12.8. The van der Waals surface area contributed by atoms with E-state index < -0.39 is 4.92 Å². The molecule has 3 aromatic rings. The number of hydrogen-bond donors (Lipinski definition) is 1. The predicted octanol–water partition coefficient (Wildman–Crippen LogP) is 3.57. The number of benzene rings is 2. The van der Waals surface area contributed by atoms with Crippen LogP contribution < -0.4 is 5.56 Å². The molecular formula is C20H17N3O4. The van der Waals surface area contributed by atoms with Crippen LogP contribution in [0.2, 0.25) is 0 Å². The molecule has 7 heteroatoms. The smallest absolute Gasteiger partial charge is 0.270 e. The number of non-ortho nitro benzene ring substituents is 1. The third-order valence-corrected chi connectivity index (χ3v) is 4.89. The van der Waals surface area contributed by atoms with Crippen molar-refractivity contribution in [2.45, 2.75) is 26.8 Å². The van der Waals surface area contributed by atoms with Crippen molar-refractivity contribution in [1.29, 1.82) is 0 Å². The molecule has 0 bridgehead atoms. The summed E-state index contributed by atoms with van der Waals surface area (Å²) in [6, 6.07) is 7.94. The molecule has 4 rings (SSSR count). The number of phenolic OH excluding ortho intramolecular Hbond substituents is 1. The van der Waals surface area contributed by atoms with Crippen LogP contribution in [0.4, 0.5) is 5.69 Å². The number of fused-ring (bicyclic) bond motifs is 2. The highest BCUT2D eigenvalue weighted by atomic mass is 16.6. The van der Waals surface area contributed by atoms with E-state index in [-0.39, 0.29) is 22.4 Å². The number of allylic oxidation sites excluding steroid dienone is 1. The molecule has 0 aliphatic carbocycles. The Hall–Kier alpha value is -3.48. The quantitative estimate of drug-likeness (QED) is 0.554. The molecule has 1 aromatic heterocycles. The Kier molecular flexibility index (Phi) is 3.80. The topological polar surface area (TPSA) is 98.3 Å². The Morgan fingerprint density at radius 2 is 1.93 bits per heavy atom. The Bertz CT molecular complexity index is 1180. The van der Waals surface area contributed by atoms with Crippen LogP contribution in [0.1, 0.15) is 28.9 Å². The van der Waals surface area contributed by atoms with Crippen LogP contribution in [0.5, 0.6) is 5.75 Å². The monoisotopic (exact) mass is 363 g/mol. The SMILES string of the molecule is Cc1cc(/C=C2\CCn3c2nc2ccc([N+](=O)[O-])cc2c3=O)cc(C)c1O. The van der Waals surface area contributed by atoms with Crippen molar-refractivity contribution in [3.8, 4) is 5.75 Å². The lowest BCUT2D eigenvalue weighted by molar-refractivity contribution is -0.384. The Morgan fingerprint density at radius 3 is 2.59 bits per heavy atom. The number of aromatic nitrogens is 2. The van der Waals surface area contributed by atoms with Gasteiger partial charge in [0.2, 0.25) is 0 Å². The molecule has 2 aromatic carbocycles. The van der Waals surface area contributed by atoms with Crippen molar-refractivity contribution >= 4 is 28.2 Å². The number of nitro groups is 1. The Balaban J connectivity index is 1.87. The van der Waals surface area contributed by atoms with E-state index in [1.165, 1.54) is 18.2 Å². The molecule has 136 valence electrons. The van der Waals surface area contributed by atoms with Crippen molar-refractivity contribution < 1.29 is 10.0 Å². The minimum absolute atomic E-state index is 0.120. The first kappa shape index (κ1) is 17.0. The van der Waals surface area contributed by atoms with Crippen LogP contribution in [0.3, 0.4) is 0 Å². The number of nitrogens with zero attached hydrogens (tertiary/aromatic N) is 3. The molecule has 27 heavy (non-hydrogen) atoms. The van der Waals surface area contributed by atoms with E-state index in [1.807, 2.05) is 32.1 Å². The number of aromatic hydroxyl groups is 1. The minimum atomic E-state index is -0.516. The van der Waals surface area contributed by atoms with Crippen LogP contribution in [0.15, 0.2) is 35.1 Å². The zero-order valence-corrected chi connectivity index (χ0v) is 14.9. The maximum atomic E-state index is 12.8. The molecule has 0 atom stereocenters. The zero-order valence-electron chi connectivity index (χ0n) is 14.9. The summed E-state index contributed by atoms with van der Waals surface area (Å²) in [4.78, 5) is 27.8. The van der Waals surface area contributed by atoms with Gasteiger partial charge in [0.1, 0.15) is 11.6 Å². The third-order valence-electron chi connectivity index (χ3n) is 4.89. The molecule has 0 spiro atoms. The van der Waals surface area contributed by atoms with Gasteiger partial charge in [0.25, 0.3) is 11.2 Å². The maximum Gasteiger partial charge on any atom is 0.270 e.